The molecule has 0 saturated carbocycles. The first-order valence-electron chi connectivity index (χ1n) is 5.93. The molecule has 7 nitrogen and oxygen atoms in total. The molecule has 0 radical (unpaired) electrons. The van der Waals surface area contributed by atoms with Crippen LogP contribution in [0, 0.1) is 0 Å². The van der Waals surface area contributed by atoms with Crippen LogP contribution in [0.2, 0.25) is 0 Å². The summed E-state index contributed by atoms with van der Waals surface area (Å²) in [5.41, 5.74) is 0.213. The van der Waals surface area contributed by atoms with Gasteiger partial charge in [-0.1, -0.05) is 0 Å². The smallest absolute Gasteiger partial charge is 0.358 e. The first-order chi connectivity index (χ1) is 9.28. The van der Waals surface area contributed by atoms with Crippen molar-refractivity contribution in [2.75, 3.05) is 18.6 Å². The molecule has 2 aromatic heterocycles. The Balaban J connectivity index is 1.79. The van der Waals surface area contributed by atoms with Gasteiger partial charge in [0, 0.05) is 25.5 Å². The number of esters is 1. The van der Waals surface area contributed by atoms with E-state index in [1.807, 2.05) is 6.20 Å². The van der Waals surface area contributed by atoms with Crippen molar-refractivity contribution in [2.45, 2.75) is 13.1 Å². The molecule has 0 bridgehead atoms. The van der Waals surface area contributed by atoms with Crippen LogP contribution < -0.4 is 4.90 Å². The van der Waals surface area contributed by atoms with Crippen LogP contribution >= 0.6 is 0 Å². The summed E-state index contributed by atoms with van der Waals surface area (Å²) in [6.45, 7) is 2.41. The number of nitrogens with zero attached hydrogens (tertiary/aromatic N) is 5. The van der Waals surface area contributed by atoms with E-state index in [4.69, 9.17) is 0 Å². The van der Waals surface area contributed by atoms with Gasteiger partial charge < -0.3 is 14.2 Å². The Morgan fingerprint density at radius 2 is 2.16 bits per heavy atom. The quantitative estimate of drug-likeness (QED) is 0.730. The minimum Gasteiger partial charge on any atom is -0.464 e. The Labute approximate surface area is 109 Å². The van der Waals surface area contributed by atoms with Crippen molar-refractivity contribution < 1.29 is 9.53 Å². The zero-order valence-electron chi connectivity index (χ0n) is 10.5. The van der Waals surface area contributed by atoms with Gasteiger partial charge >= 0.3 is 5.97 Å². The van der Waals surface area contributed by atoms with E-state index < -0.39 is 5.97 Å². The molecule has 1 aliphatic rings. The van der Waals surface area contributed by atoms with Gasteiger partial charge in [-0.15, -0.1) is 0 Å². The third-order valence-electron chi connectivity index (χ3n) is 3.10. The SMILES string of the molecule is COC(=O)c1cnc(N2CCn3ccnc3C2)cn1. The minimum atomic E-state index is -0.478. The fraction of sp³-hybridized carbons (Fsp3) is 0.333. The van der Waals surface area contributed by atoms with Crippen LogP contribution in [0.15, 0.2) is 24.8 Å². The van der Waals surface area contributed by atoms with Crippen LogP contribution in [0.4, 0.5) is 5.82 Å². The molecule has 0 fully saturated rings. The molecule has 3 rings (SSSR count). The van der Waals surface area contributed by atoms with E-state index in [1.165, 1.54) is 13.3 Å². The average Bonchev–Trinajstić information content (AvgIpc) is 2.94. The molecule has 1 aliphatic heterocycles. The fourth-order valence-corrected chi connectivity index (χ4v) is 2.06. The number of rotatable bonds is 2. The standard InChI is InChI=1S/C12H13N5O2/c1-19-12(18)9-6-15-10(7-14-9)17-5-4-16-3-2-13-11(16)8-17/h2-3,6-7H,4-5,8H2,1H3. The van der Waals surface area contributed by atoms with Crippen molar-refractivity contribution in [3.8, 4) is 0 Å². The Kier molecular flexibility index (Phi) is 2.86. The molecule has 0 atom stereocenters. The highest BCUT2D eigenvalue weighted by Gasteiger charge is 2.18. The summed E-state index contributed by atoms with van der Waals surface area (Å²) in [5.74, 6) is 1.26. The van der Waals surface area contributed by atoms with Crippen LogP contribution in [-0.2, 0) is 17.8 Å². The maximum absolute atomic E-state index is 11.3. The molecule has 0 spiro atoms. The van der Waals surface area contributed by atoms with Crippen molar-refractivity contribution in [2.24, 2.45) is 0 Å². The second kappa shape index (κ2) is 4.68. The van der Waals surface area contributed by atoms with E-state index in [0.29, 0.717) is 6.54 Å². The van der Waals surface area contributed by atoms with E-state index in [2.05, 4.69) is 29.2 Å². The molecule has 7 heteroatoms. The highest BCUT2D eigenvalue weighted by atomic mass is 16.5. The van der Waals surface area contributed by atoms with Gasteiger partial charge in [0.1, 0.15) is 11.6 Å². The van der Waals surface area contributed by atoms with E-state index in [-0.39, 0.29) is 5.69 Å². The van der Waals surface area contributed by atoms with Crippen LogP contribution in [0.5, 0.6) is 0 Å². The molecule has 98 valence electrons. The largest absolute Gasteiger partial charge is 0.464 e. The Hall–Kier alpha value is -2.44. The molecule has 0 N–H and O–H groups in total. The Morgan fingerprint density at radius 1 is 1.26 bits per heavy atom. The fourth-order valence-electron chi connectivity index (χ4n) is 2.06. The summed E-state index contributed by atoms with van der Waals surface area (Å²) >= 11 is 0. The molecule has 2 aromatic rings. The van der Waals surface area contributed by atoms with Gasteiger partial charge in [-0.05, 0) is 0 Å². The number of hydrogen-bond acceptors (Lipinski definition) is 6. The number of imidazole rings is 1. The maximum Gasteiger partial charge on any atom is 0.358 e. The van der Waals surface area contributed by atoms with Gasteiger partial charge in [-0.2, -0.15) is 0 Å². The molecule has 0 amide bonds. The lowest BCUT2D eigenvalue weighted by molar-refractivity contribution is 0.0593. The first kappa shape index (κ1) is 11.6. The predicted molar refractivity (Wildman–Crippen MR) is 66.6 cm³/mol. The Morgan fingerprint density at radius 3 is 2.89 bits per heavy atom. The number of hydrogen-bond donors (Lipinski definition) is 0. The topological polar surface area (TPSA) is 73.1 Å². The van der Waals surface area contributed by atoms with Gasteiger partial charge in [-0.3, -0.25) is 0 Å². The molecular formula is C12H13N5O2. The summed E-state index contributed by atoms with van der Waals surface area (Å²) in [4.78, 5) is 26.0. The van der Waals surface area contributed by atoms with Gasteiger partial charge in [0.25, 0.3) is 0 Å². The number of fused-ring (bicyclic) bond motifs is 1. The second-order valence-electron chi connectivity index (χ2n) is 4.21. The van der Waals surface area contributed by atoms with Crippen LogP contribution in [-0.4, -0.2) is 39.1 Å². The molecule has 19 heavy (non-hydrogen) atoms. The zero-order valence-corrected chi connectivity index (χ0v) is 10.5. The van der Waals surface area contributed by atoms with Crippen molar-refractivity contribution >= 4 is 11.8 Å². The molecule has 0 aromatic carbocycles. The second-order valence-corrected chi connectivity index (χ2v) is 4.21. The van der Waals surface area contributed by atoms with Gasteiger partial charge in [0.2, 0.25) is 0 Å². The summed E-state index contributed by atoms with van der Waals surface area (Å²) in [5, 5.41) is 0. The summed E-state index contributed by atoms with van der Waals surface area (Å²) in [7, 11) is 1.32. The summed E-state index contributed by atoms with van der Waals surface area (Å²) in [6, 6.07) is 0. The third kappa shape index (κ3) is 2.14. The number of ether oxygens (including phenoxy) is 1. The van der Waals surface area contributed by atoms with E-state index >= 15 is 0 Å². The average molecular weight is 259 g/mol. The summed E-state index contributed by atoms with van der Waals surface area (Å²) < 4.78 is 6.71. The number of anilines is 1. The maximum atomic E-state index is 11.3. The van der Waals surface area contributed by atoms with Gasteiger partial charge in [0.05, 0.1) is 26.0 Å². The van der Waals surface area contributed by atoms with Crippen LogP contribution in [0.1, 0.15) is 16.3 Å². The van der Waals surface area contributed by atoms with Crippen molar-refractivity contribution in [1.29, 1.82) is 0 Å². The molecule has 3 heterocycles. The predicted octanol–water partition coefficient (Wildman–Crippen LogP) is 0.480. The third-order valence-corrected chi connectivity index (χ3v) is 3.10. The zero-order chi connectivity index (χ0) is 13.2. The van der Waals surface area contributed by atoms with Gasteiger partial charge in [0.15, 0.2) is 5.69 Å². The molecule has 0 unspecified atom stereocenters. The number of methoxy groups -OCH3 is 1. The lowest BCUT2D eigenvalue weighted by Crippen LogP contribution is -2.34. The highest BCUT2D eigenvalue weighted by Crippen LogP contribution is 2.17. The highest BCUT2D eigenvalue weighted by molar-refractivity contribution is 5.86. The number of carbonyl (C=O) groups is 1. The van der Waals surface area contributed by atoms with Crippen LogP contribution in [0.25, 0.3) is 0 Å². The van der Waals surface area contributed by atoms with Crippen molar-refractivity contribution in [3.05, 3.63) is 36.3 Å². The number of aromatic nitrogens is 4. The normalized spacial score (nSPS) is 14.1. The van der Waals surface area contributed by atoms with E-state index in [0.717, 1.165) is 24.7 Å². The molecule has 0 aliphatic carbocycles. The van der Waals surface area contributed by atoms with Gasteiger partial charge in [-0.25, -0.2) is 19.7 Å². The summed E-state index contributed by atoms with van der Waals surface area (Å²) in [6.07, 6.45) is 6.79. The Bertz CT molecular complexity index is 592. The van der Waals surface area contributed by atoms with E-state index in [1.54, 1.807) is 12.4 Å². The number of carbonyl (C=O) groups excluding carboxylic acids is 1. The minimum absolute atomic E-state index is 0.213. The van der Waals surface area contributed by atoms with E-state index in [9.17, 15) is 4.79 Å². The lowest BCUT2D eigenvalue weighted by Gasteiger charge is -2.28. The first-order valence-corrected chi connectivity index (χ1v) is 5.93. The van der Waals surface area contributed by atoms with Crippen molar-refractivity contribution in [1.82, 2.24) is 19.5 Å². The monoisotopic (exact) mass is 259 g/mol. The van der Waals surface area contributed by atoms with Crippen molar-refractivity contribution in [3.63, 3.8) is 0 Å². The van der Waals surface area contributed by atoms with Crippen LogP contribution in [0.3, 0.4) is 0 Å². The molecular weight excluding hydrogens is 246 g/mol. The lowest BCUT2D eigenvalue weighted by atomic mass is 10.3. The molecule has 0 saturated heterocycles.